The molecule has 0 fully saturated rings. The highest BCUT2D eigenvalue weighted by Crippen LogP contribution is 2.39. The average Bonchev–Trinajstić information content (AvgIpc) is 3.11. The second-order valence-corrected chi connectivity index (χ2v) is 10.8. The van der Waals surface area contributed by atoms with E-state index >= 15 is 0 Å². The lowest BCUT2D eigenvalue weighted by molar-refractivity contribution is 1.08. The molecule has 0 saturated carbocycles. The van der Waals surface area contributed by atoms with Crippen molar-refractivity contribution in [1.29, 1.82) is 0 Å². The number of nitrogens with zero attached hydrogens (tertiary/aromatic N) is 3. The van der Waals surface area contributed by atoms with Crippen LogP contribution in [0.5, 0.6) is 0 Å². The maximum absolute atomic E-state index is 5.27. The molecule has 8 aromatic rings. The first kappa shape index (κ1) is 25.8. The molecule has 0 amide bonds. The van der Waals surface area contributed by atoms with Crippen molar-refractivity contribution in [3.8, 4) is 56.4 Å². The summed E-state index contributed by atoms with van der Waals surface area (Å²) in [5.41, 5.74) is 7.49. The highest BCUT2D eigenvalue weighted by atomic mass is 15.0. The van der Waals surface area contributed by atoms with E-state index in [-0.39, 0.29) is 0 Å². The van der Waals surface area contributed by atoms with Gasteiger partial charge in [0, 0.05) is 16.7 Å². The fraction of sp³-hybridized carbons (Fsp3) is 0. The van der Waals surface area contributed by atoms with Gasteiger partial charge in [-0.05, 0) is 49.9 Å². The van der Waals surface area contributed by atoms with Crippen molar-refractivity contribution in [2.24, 2.45) is 0 Å². The predicted molar refractivity (Wildman–Crippen MR) is 182 cm³/mol. The first-order valence-electron chi connectivity index (χ1n) is 14.8. The minimum atomic E-state index is 0.647. The van der Waals surface area contributed by atoms with Crippen LogP contribution in [0.4, 0.5) is 0 Å². The van der Waals surface area contributed by atoms with Gasteiger partial charge >= 0.3 is 0 Å². The molecular formula is C41H27N3. The predicted octanol–water partition coefficient (Wildman–Crippen LogP) is 10.5. The number of benzene rings is 7. The van der Waals surface area contributed by atoms with Gasteiger partial charge in [0.2, 0.25) is 0 Å². The van der Waals surface area contributed by atoms with Crippen LogP contribution in [0.3, 0.4) is 0 Å². The summed E-state index contributed by atoms with van der Waals surface area (Å²) >= 11 is 0. The molecule has 8 rings (SSSR count). The van der Waals surface area contributed by atoms with Crippen molar-refractivity contribution in [1.82, 2.24) is 15.0 Å². The number of aromatic nitrogens is 3. The molecule has 0 unspecified atom stereocenters. The van der Waals surface area contributed by atoms with Crippen molar-refractivity contribution in [3.63, 3.8) is 0 Å². The molecule has 0 aliphatic heterocycles. The first-order valence-corrected chi connectivity index (χ1v) is 14.8. The third kappa shape index (κ3) is 4.61. The molecule has 0 spiro atoms. The summed E-state index contributed by atoms with van der Waals surface area (Å²) in [6.07, 6.45) is 0. The zero-order valence-electron chi connectivity index (χ0n) is 23.9. The fourth-order valence-corrected chi connectivity index (χ4v) is 6.06. The van der Waals surface area contributed by atoms with Crippen molar-refractivity contribution >= 4 is 21.5 Å². The van der Waals surface area contributed by atoms with Crippen molar-refractivity contribution in [2.75, 3.05) is 0 Å². The third-order valence-electron chi connectivity index (χ3n) is 8.15. The lowest BCUT2D eigenvalue weighted by atomic mass is 9.93. The molecule has 1 aromatic heterocycles. The summed E-state index contributed by atoms with van der Waals surface area (Å²) < 4.78 is 0. The molecular weight excluding hydrogens is 534 g/mol. The summed E-state index contributed by atoms with van der Waals surface area (Å²) in [5.74, 6) is 1.95. The normalized spacial score (nSPS) is 11.2. The maximum atomic E-state index is 5.27. The highest BCUT2D eigenvalue weighted by molar-refractivity contribution is 6.05. The Morgan fingerprint density at radius 1 is 0.273 bits per heavy atom. The SMILES string of the molecule is c1ccc(-c2nc(-c3c(-c4ccccc4)ccc4ccccc34)nc(-c3ccc(-c4ccccc4)c4ccccc34)n2)cc1. The van der Waals surface area contributed by atoms with Crippen LogP contribution in [0.25, 0.3) is 78.0 Å². The van der Waals surface area contributed by atoms with Gasteiger partial charge in [-0.25, -0.2) is 15.0 Å². The molecule has 0 saturated heterocycles. The molecule has 0 atom stereocenters. The molecule has 7 aromatic carbocycles. The van der Waals surface area contributed by atoms with Gasteiger partial charge in [-0.15, -0.1) is 0 Å². The Balaban J connectivity index is 1.43. The van der Waals surface area contributed by atoms with Gasteiger partial charge in [0.25, 0.3) is 0 Å². The Morgan fingerprint density at radius 3 is 1.41 bits per heavy atom. The number of hydrogen-bond donors (Lipinski definition) is 0. The lowest BCUT2D eigenvalue weighted by Gasteiger charge is -2.16. The van der Waals surface area contributed by atoms with E-state index in [0.717, 1.165) is 49.4 Å². The minimum absolute atomic E-state index is 0.647. The Kier molecular flexibility index (Phi) is 6.47. The molecule has 0 radical (unpaired) electrons. The third-order valence-corrected chi connectivity index (χ3v) is 8.15. The van der Waals surface area contributed by atoms with Crippen molar-refractivity contribution in [3.05, 3.63) is 164 Å². The first-order chi connectivity index (χ1) is 21.8. The molecule has 0 aliphatic rings. The Morgan fingerprint density at radius 2 is 0.727 bits per heavy atom. The Labute approximate surface area is 256 Å². The monoisotopic (exact) mass is 561 g/mol. The van der Waals surface area contributed by atoms with E-state index in [4.69, 9.17) is 15.0 Å². The van der Waals surface area contributed by atoms with Gasteiger partial charge < -0.3 is 0 Å². The van der Waals surface area contributed by atoms with Gasteiger partial charge in [-0.3, -0.25) is 0 Å². The Bertz CT molecular complexity index is 2260. The van der Waals surface area contributed by atoms with E-state index in [1.807, 2.05) is 24.3 Å². The average molecular weight is 562 g/mol. The van der Waals surface area contributed by atoms with Crippen molar-refractivity contribution in [2.45, 2.75) is 0 Å². The van der Waals surface area contributed by atoms with Crippen LogP contribution in [0.1, 0.15) is 0 Å². The van der Waals surface area contributed by atoms with Crippen LogP contribution in [-0.4, -0.2) is 15.0 Å². The van der Waals surface area contributed by atoms with Gasteiger partial charge in [0.15, 0.2) is 17.5 Å². The van der Waals surface area contributed by atoms with E-state index in [0.29, 0.717) is 17.5 Å². The molecule has 3 nitrogen and oxygen atoms in total. The minimum Gasteiger partial charge on any atom is -0.208 e. The standard InChI is InChI=1S/C41H27N3/c1-4-14-28(15-5-1)32-26-27-37(36-23-13-12-22-35(32)36)40-42-39(31-19-8-3-9-20-31)43-41(44-40)38-33-21-11-10-18-30(33)24-25-34(38)29-16-6-2-7-17-29/h1-27H. The van der Waals surface area contributed by atoms with Crippen LogP contribution < -0.4 is 0 Å². The van der Waals surface area contributed by atoms with Crippen LogP contribution in [0.2, 0.25) is 0 Å². The maximum Gasteiger partial charge on any atom is 0.165 e. The van der Waals surface area contributed by atoms with Gasteiger partial charge in [-0.1, -0.05) is 158 Å². The van der Waals surface area contributed by atoms with Crippen molar-refractivity contribution < 1.29 is 0 Å². The van der Waals surface area contributed by atoms with Gasteiger partial charge in [0.1, 0.15) is 0 Å². The summed E-state index contributed by atoms with van der Waals surface area (Å²) in [7, 11) is 0. The Hall–Kier alpha value is -5.93. The molecule has 0 bridgehead atoms. The quantitative estimate of drug-likeness (QED) is 0.210. The molecule has 44 heavy (non-hydrogen) atoms. The number of hydrogen-bond acceptors (Lipinski definition) is 3. The smallest absolute Gasteiger partial charge is 0.165 e. The molecule has 0 N–H and O–H groups in total. The number of fused-ring (bicyclic) bond motifs is 2. The summed E-state index contributed by atoms with van der Waals surface area (Å²) in [4.78, 5) is 15.5. The van der Waals surface area contributed by atoms with E-state index in [1.54, 1.807) is 0 Å². The summed E-state index contributed by atoms with van der Waals surface area (Å²) in [6, 6.07) is 56.8. The molecule has 3 heteroatoms. The number of rotatable bonds is 5. The second-order valence-electron chi connectivity index (χ2n) is 10.8. The van der Waals surface area contributed by atoms with E-state index in [2.05, 4.69) is 140 Å². The largest absolute Gasteiger partial charge is 0.208 e. The highest BCUT2D eigenvalue weighted by Gasteiger charge is 2.19. The van der Waals surface area contributed by atoms with E-state index in [9.17, 15) is 0 Å². The van der Waals surface area contributed by atoms with Crippen LogP contribution in [0, 0.1) is 0 Å². The molecule has 0 aliphatic carbocycles. The lowest BCUT2D eigenvalue weighted by Crippen LogP contribution is -2.02. The van der Waals surface area contributed by atoms with Gasteiger partial charge in [-0.2, -0.15) is 0 Å². The fourth-order valence-electron chi connectivity index (χ4n) is 6.06. The topological polar surface area (TPSA) is 38.7 Å². The summed E-state index contributed by atoms with van der Waals surface area (Å²) in [6.45, 7) is 0. The van der Waals surface area contributed by atoms with Crippen LogP contribution in [-0.2, 0) is 0 Å². The zero-order valence-corrected chi connectivity index (χ0v) is 23.9. The second kappa shape index (κ2) is 11.0. The van der Waals surface area contributed by atoms with E-state index < -0.39 is 0 Å². The van der Waals surface area contributed by atoms with Crippen LogP contribution in [0.15, 0.2) is 164 Å². The van der Waals surface area contributed by atoms with Gasteiger partial charge in [0.05, 0.1) is 0 Å². The molecule has 1 heterocycles. The molecule has 206 valence electrons. The zero-order chi connectivity index (χ0) is 29.3. The van der Waals surface area contributed by atoms with E-state index in [1.165, 1.54) is 11.1 Å². The van der Waals surface area contributed by atoms with Crippen LogP contribution >= 0.6 is 0 Å². The summed E-state index contributed by atoms with van der Waals surface area (Å²) in [5, 5.41) is 4.51.